The lowest BCUT2D eigenvalue weighted by Crippen LogP contribution is -2.36. The number of carbonyl (C=O) groups is 1. The van der Waals surface area contributed by atoms with Crippen LogP contribution in [0.4, 0.5) is 0 Å². The van der Waals surface area contributed by atoms with Gasteiger partial charge in [0, 0.05) is 11.5 Å². The Balaban J connectivity index is 2.03. The molecule has 4 nitrogen and oxygen atoms in total. The molecule has 1 heterocycles. The molecule has 1 saturated heterocycles. The maximum atomic E-state index is 11.7. The van der Waals surface area contributed by atoms with Crippen LogP contribution in [0.25, 0.3) is 0 Å². The van der Waals surface area contributed by atoms with Crippen LogP contribution in [0.5, 0.6) is 0 Å². The summed E-state index contributed by atoms with van der Waals surface area (Å²) in [6.07, 6.45) is -0.324. The van der Waals surface area contributed by atoms with E-state index in [2.05, 4.69) is 13.2 Å². The Kier molecular flexibility index (Phi) is 2.84. The van der Waals surface area contributed by atoms with E-state index >= 15 is 0 Å². The first kappa shape index (κ1) is 12.9. The molecule has 0 aromatic rings. The number of hydrogen-bond donors (Lipinski definition) is 2. The van der Waals surface area contributed by atoms with Crippen LogP contribution >= 0.6 is 0 Å². The predicted molar refractivity (Wildman–Crippen MR) is 69.0 cm³/mol. The lowest BCUT2D eigenvalue weighted by atomic mass is 9.79. The second-order valence-corrected chi connectivity index (χ2v) is 6.20. The molecule has 0 aromatic carbocycles. The first-order valence-electron chi connectivity index (χ1n) is 6.85. The minimum absolute atomic E-state index is 0.0350. The van der Waals surface area contributed by atoms with Gasteiger partial charge >= 0.3 is 5.97 Å². The van der Waals surface area contributed by atoms with Crippen molar-refractivity contribution in [3.63, 3.8) is 0 Å². The van der Waals surface area contributed by atoms with Gasteiger partial charge in [0.2, 0.25) is 0 Å². The third kappa shape index (κ3) is 1.70. The van der Waals surface area contributed by atoms with Gasteiger partial charge in [-0.3, -0.25) is 0 Å². The van der Waals surface area contributed by atoms with Gasteiger partial charge in [-0.2, -0.15) is 0 Å². The highest BCUT2D eigenvalue weighted by Gasteiger charge is 2.56. The second kappa shape index (κ2) is 4.18. The summed E-state index contributed by atoms with van der Waals surface area (Å²) in [5.41, 5.74) is 1.32. The average molecular weight is 264 g/mol. The Morgan fingerprint density at radius 2 is 1.95 bits per heavy atom. The minimum atomic E-state index is -0.661. The average Bonchev–Trinajstić information content (AvgIpc) is 2.75. The summed E-state index contributed by atoms with van der Waals surface area (Å²) < 4.78 is 5.46. The largest absolute Gasteiger partial charge is 0.458 e. The maximum Gasteiger partial charge on any atom is 0.334 e. The van der Waals surface area contributed by atoms with Crippen molar-refractivity contribution in [1.29, 1.82) is 0 Å². The van der Waals surface area contributed by atoms with Crippen molar-refractivity contribution in [1.82, 2.24) is 0 Å². The Labute approximate surface area is 112 Å². The van der Waals surface area contributed by atoms with Crippen LogP contribution in [0.15, 0.2) is 24.3 Å². The van der Waals surface area contributed by atoms with E-state index in [0.717, 1.165) is 5.57 Å². The topological polar surface area (TPSA) is 66.8 Å². The standard InChI is InChI=1S/C15H20O4/c1-6-4-11(17)13-8(3)15(18)19-14(13)12-7(2)10(16)5-9(6)12/h7,9-14,16-17H,1,3-5H2,2H3/t7-,9+,10+,11-,12+,13-,14-/m1/s1. The number of aliphatic hydroxyl groups is 2. The molecular weight excluding hydrogens is 244 g/mol. The van der Waals surface area contributed by atoms with Crippen molar-refractivity contribution in [3.8, 4) is 0 Å². The molecule has 3 rings (SSSR count). The van der Waals surface area contributed by atoms with Crippen LogP contribution in [-0.4, -0.2) is 34.5 Å². The number of esters is 1. The van der Waals surface area contributed by atoms with Crippen LogP contribution in [0.3, 0.4) is 0 Å². The van der Waals surface area contributed by atoms with Gasteiger partial charge in [0.25, 0.3) is 0 Å². The molecule has 7 atom stereocenters. The Hall–Kier alpha value is -1.13. The van der Waals surface area contributed by atoms with Crippen molar-refractivity contribution in [3.05, 3.63) is 24.3 Å². The Morgan fingerprint density at radius 1 is 1.26 bits per heavy atom. The molecule has 3 fully saturated rings. The van der Waals surface area contributed by atoms with E-state index in [1.165, 1.54) is 0 Å². The summed E-state index contributed by atoms with van der Waals surface area (Å²) >= 11 is 0. The Morgan fingerprint density at radius 3 is 2.63 bits per heavy atom. The summed E-state index contributed by atoms with van der Waals surface area (Å²) in [5, 5.41) is 20.4. The molecule has 19 heavy (non-hydrogen) atoms. The van der Waals surface area contributed by atoms with E-state index in [1.807, 2.05) is 6.92 Å². The lowest BCUT2D eigenvalue weighted by Gasteiger charge is -2.29. The molecule has 0 radical (unpaired) electrons. The van der Waals surface area contributed by atoms with E-state index < -0.39 is 18.2 Å². The van der Waals surface area contributed by atoms with Gasteiger partial charge in [-0.1, -0.05) is 25.7 Å². The van der Waals surface area contributed by atoms with E-state index in [9.17, 15) is 15.0 Å². The molecule has 0 bridgehead atoms. The molecule has 3 aliphatic rings. The van der Waals surface area contributed by atoms with Crippen LogP contribution < -0.4 is 0 Å². The molecule has 2 aliphatic carbocycles. The highest BCUT2D eigenvalue weighted by Crippen LogP contribution is 2.52. The summed E-state index contributed by atoms with van der Waals surface area (Å²) in [7, 11) is 0. The fourth-order valence-electron chi connectivity index (χ4n) is 4.14. The van der Waals surface area contributed by atoms with Crippen molar-refractivity contribution < 1.29 is 19.7 Å². The molecule has 0 aromatic heterocycles. The molecule has 2 saturated carbocycles. The van der Waals surface area contributed by atoms with Crippen molar-refractivity contribution in [2.24, 2.45) is 23.7 Å². The van der Waals surface area contributed by atoms with Crippen molar-refractivity contribution in [2.45, 2.75) is 38.1 Å². The molecule has 0 spiro atoms. The van der Waals surface area contributed by atoms with Gasteiger partial charge in [-0.05, 0) is 24.7 Å². The lowest BCUT2D eigenvalue weighted by molar-refractivity contribution is -0.143. The highest BCUT2D eigenvalue weighted by atomic mass is 16.6. The first-order valence-corrected chi connectivity index (χ1v) is 6.85. The van der Waals surface area contributed by atoms with Crippen molar-refractivity contribution >= 4 is 5.97 Å². The van der Waals surface area contributed by atoms with Gasteiger partial charge < -0.3 is 14.9 Å². The van der Waals surface area contributed by atoms with E-state index in [4.69, 9.17) is 4.74 Å². The zero-order valence-electron chi connectivity index (χ0n) is 11.1. The number of hydrogen-bond acceptors (Lipinski definition) is 4. The van der Waals surface area contributed by atoms with E-state index in [1.54, 1.807) is 0 Å². The summed E-state index contributed by atoms with van der Waals surface area (Å²) in [6, 6.07) is 0. The van der Waals surface area contributed by atoms with Crippen LogP contribution in [0, 0.1) is 23.7 Å². The molecule has 0 amide bonds. The monoisotopic (exact) mass is 264 g/mol. The molecule has 0 unspecified atom stereocenters. The quantitative estimate of drug-likeness (QED) is 0.390. The van der Waals surface area contributed by atoms with Gasteiger partial charge in [0.15, 0.2) is 0 Å². The van der Waals surface area contributed by atoms with Crippen LogP contribution in [0.1, 0.15) is 19.8 Å². The zero-order chi connectivity index (χ0) is 13.9. The van der Waals surface area contributed by atoms with E-state index in [0.29, 0.717) is 18.4 Å². The van der Waals surface area contributed by atoms with Gasteiger partial charge in [-0.15, -0.1) is 0 Å². The predicted octanol–water partition coefficient (Wildman–Crippen LogP) is 1.04. The zero-order valence-corrected chi connectivity index (χ0v) is 11.1. The maximum absolute atomic E-state index is 11.7. The second-order valence-electron chi connectivity index (χ2n) is 6.20. The number of rotatable bonds is 0. The minimum Gasteiger partial charge on any atom is -0.458 e. The van der Waals surface area contributed by atoms with Gasteiger partial charge in [0.1, 0.15) is 6.10 Å². The van der Waals surface area contributed by atoms with Gasteiger partial charge in [0.05, 0.1) is 18.1 Å². The third-order valence-electron chi connectivity index (χ3n) is 5.23. The fraction of sp³-hybridized carbons (Fsp3) is 0.667. The Bertz CT molecular complexity index is 455. The van der Waals surface area contributed by atoms with E-state index in [-0.39, 0.29) is 29.8 Å². The normalized spacial score (nSPS) is 49.6. The summed E-state index contributed by atoms with van der Waals surface area (Å²) in [4.78, 5) is 11.7. The fourth-order valence-corrected chi connectivity index (χ4v) is 4.14. The molecule has 1 aliphatic heterocycles. The number of aliphatic hydroxyl groups excluding tert-OH is 2. The molecule has 104 valence electrons. The first-order chi connectivity index (χ1) is 8.91. The van der Waals surface area contributed by atoms with Crippen molar-refractivity contribution in [2.75, 3.05) is 0 Å². The third-order valence-corrected chi connectivity index (χ3v) is 5.23. The molecule has 4 heteroatoms. The van der Waals surface area contributed by atoms with Crippen LogP contribution in [-0.2, 0) is 9.53 Å². The van der Waals surface area contributed by atoms with Crippen LogP contribution in [0.2, 0.25) is 0 Å². The summed E-state index contributed by atoms with van der Waals surface area (Å²) in [5.74, 6) is -0.569. The number of carbonyl (C=O) groups excluding carboxylic acids is 1. The number of fused-ring (bicyclic) bond motifs is 3. The molecular formula is C15H20O4. The smallest absolute Gasteiger partial charge is 0.334 e. The SMILES string of the molecule is C=C1C(=O)O[C@H]2[C@H]1[C@H](O)CC(=C)[C@@H]1C[C@H](O)[C@@H](C)[C@H]21. The molecule has 2 N–H and O–H groups in total. The highest BCUT2D eigenvalue weighted by molar-refractivity contribution is 5.91. The number of ether oxygens (including phenoxy) is 1. The van der Waals surface area contributed by atoms with Gasteiger partial charge in [-0.25, -0.2) is 4.79 Å². The summed E-state index contributed by atoms with van der Waals surface area (Å²) in [6.45, 7) is 9.81.